The van der Waals surface area contributed by atoms with Crippen LogP contribution in [0.1, 0.15) is 48.7 Å². The van der Waals surface area contributed by atoms with E-state index in [0.29, 0.717) is 23.1 Å². The Morgan fingerprint density at radius 2 is 1.85 bits per heavy atom. The number of ether oxygens (including phenoxy) is 1. The summed E-state index contributed by atoms with van der Waals surface area (Å²) in [5.41, 5.74) is 1.98. The lowest BCUT2D eigenvalue weighted by atomic mass is 9.93. The van der Waals surface area contributed by atoms with Crippen LogP contribution in [-0.4, -0.2) is 48.7 Å². The number of rotatable bonds is 6. The molecule has 41 heavy (non-hydrogen) atoms. The van der Waals surface area contributed by atoms with Crippen molar-refractivity contribution in [2.24, 2.45) is 0 Å². The van der Waals surface area contributed by atoms with Gasteiger partial charge in [0.1, 0.15) is 23.1 Å². The molecule has 0 bridgehead atoms. The predicted molar refractivity (Wildman–Crippen MR) is 134 cm³/mol. The predicted octanol–water partition coefficient (Wildman–Crippen LogP) is 6.24. The summed E-state index contributed by atoms with van der Waals surface area (Å²) in [5, 5.41) is 15.0. The molecule has 1 aliphatic rings. The maximum atomic E-state index is 13.4. The minimum atomic E-state index is -5.08. The number of anilines is 2. The lowest BCUT2D eigenvalue weighted by Crippen LogP contribution is -2.21. The molecule has 0 spiro atoms. The third kappa shape index (κ3) is 7.15. The van der Waals surface area contributed by atoms with Gasteiger partial charge in [-0.05, 0) is 42.7 Å². The minimum absolute atomic E-state index is 0.0355. The second-order valence-corrected chi connectivity index (χ2v) is 8.94. The van der Waals surface area contributed by atoms with E-state index in [2.05, 4.69) is 15.4 Å². The molecule has 4 aromatic rings. The Labute approximate surface area is 229 Å². The number of carbonyl (C=O) groups is 1. The van der Waals surface area contributed by atoms with Crippen LogP contribution in [0.4, 0.5) is 38.0 Å². The molecular formula is C26H24F6N6O3. The van der Waals surface area contributed by atoms with Gasteiger partial charge in [-0.3, -0.25) is 0 Å². The number of nitrogens with one attached hydrogen (secondary N) is 1. The number of methoxy groups -OCH3 is 1. The molecular weight excluding hydrogens is 558 g/mol. The number of aryl methyl sites for hydroxylation is 1. The number of fused-ring (bicyclic) bond motifs is 1. The maximum Gasteiger partial charge on any atom is 0.490 e. The van der Waals surface area contributed by atoms with Crippen LogP contribution in [0.15, 0.2) is 55.0 Å². The smallest absolute Gasteiger partial charge is 0.490 e. The van der Waals surface area contributed by atoms with Crippen molar-refractivity contribution in [1.29, 1.82) is 0 Å². The maximum absolute atomic E-state index is 13.4. The number of benzene rings is 2. The highest BCUT2D eigenvalue weighted by Crippen LogP contribution is 2.33. The van der Waals surface area contributed by atoms with Crippen molar-refractivity contribution in [2.75, 3.05) is 12.4 Å². The van der Waals surface area contributed by atoms with Gasteiger partial charge in [-0.15, -0.1) is 5.10 Å². The summed E-state index contributed by atoms with van der Waals surface area (Å²) in [5.74, 6) is -1.22. The molecule has 0 amide bonds. The second kappa shape index (κ2) is 12.3. The largest absolute Gasteiger partial charge is 0.494 e. The molecule has 1 unspecified atom stereocenters. The fourth-order valence-corrected chi connectivity index (χ4v) is 4.26. The Balaban J connectivity index is 0.000000493. The average molecular weight is 583 g/mol. The quantitative estimate of drug-likeness (QED) is 0.259. The Morgan fingerprint density at radius 3 is 2.46 bits per heavy atom. The molecule has 1 aliphatic heterocycles. The average Bonchev–Trinajstić information content (AvgIpc) is 3.53. The van der Waals surface area contributed by atoms with Gasteiger partial charge in [-0.1, -0.05) is 18.6 Å². The van der Waals surface area contributed by atoms with E-state index in [1.54, 1.807) is 30.3 Å². The van der Waals surface area contributed by atoms with Crippen LogP contribution in [0.2, 0.25) is 0 Å². The number of aromatic nitrogens is 5. The summed E-state index contributed by atoms with van der Waals surface area (Å²) in [7, 11) is 1.51. The molecule has 3 heterocycles. The molecule has 2 aromatic heterocycles. The first-order valence-corrected chi connectivity index (χ1v) is 12.2. The first-order valence-electron chi connectivity index (χ1n) is 12.2. The highest BCUT2D eigenvalue weighted by atomic mass is 19.4. The molecule has 2 aromatic carbocycles. The van der Waals surface area contributed by atoms with Gasteiger partial charge in [0.05, 0.1) is 19.1 Å². The summed E-state index contributed by atoms with van der Waals surface area (Å²) < 4.78 is 79.9. The topological polar surface area (TPSA) is 107 Å². The molecule has 15 heteroatoms. The lowest BCUT2D eigenvalue weighted by molar-refractivity contribution is -0.192. The van der Waals surface area contributed by atoms with Crippen LogP contribution >= 0.6 is 0 Å². The number of imidazole rings is 1. The van der Waals surface area contributed by atoms with E-state index in [-0.39, 0.29) is 17.4 Å². The monoisotopic (exact) mass is 582 g/mol. The van der Waals surface area contributed by atoms with Crippen LogP contribution in [-0.2, 0) is 11.3 Å². The van der Waals surface area contributed by atoms with E-state index >= 15 is 0 Å². The first-order chi connectivity index (χ1) is 19.5. The minimum Gasteiger partial charge on any atom is -0.494 e. The molecule has 218 valence electrons. The molecule has 9 nitrogen and oxygen atoms in total. The van der Waals surface area contributed by atoms with Crippen LogP contribution in [0.5, 0.6) is 5.75 Å². The van der Waals surface area contributed by atoms with Gasteiger partial charge in [0.15, 0.2) is 0 Å². The zero-order valence-electron chi connectivity index (χ0n) is 21.4. The van der Waals surface area contributed by atoms with Gasteiger partial charge in [0.25, 0.3) is 6.43 Å². The summed E-state index contributed by atoms with van der Waals surface area (Å²) >= 11 is 0. The van der Waals surface area contributed by atoms with E-state index in [1.165, 1.54) is 36.3 Å². The van der Waals surface area contributed by atoms with Crippen LogP contribution in [0.25, 0.3) is 5.69 Å². The second-order valence-electron chi connectivity index (χ2n) is 8.94. The van der Waals surface area contributed by atoms with Crippen molar-refractivity contribution in [3.05, 3.63) is 77.9 Å². The number of nitrogens with zero attached hydrogens (tertiary/aromatic N) is 5. The van der Waals surface area contributed by atoms with Crippen LogP contribution in [0.3, 0.4) is 0 Å². The third-order valence-corrected chi connectivity index (χ3v) is 6.18. The highest BCUT2D eigenvalue weighted by Gasteiger charge is 2.38. The normalized spacial score (nSPS) is 15.0. The van der Waals surface area contributed by atoms with Crippen LogP contribution in [0, 0.1) is 5.82 Å². The van der Waals surface area contributed by atoms with Gasteiger partial charge in [0.2, 0.25) is 5.95 Å². The standard InChI is InChI=1S/C24H23F3N6O.C2HF3O2/c1-34-21-12-17(9-10-20(21)32-13-19(22(26)27)28-14-32)29-24-30-23-18(4-2-3-11-33(23)31-24)15-5-7-16(25)8-6-15;3-2(4,5)1(6)7/h5-10,12-14,18,22H,2-4,11H2,1H3,(H,29,31);(H,6,7). The molecule has 0 saturated heterocycles. The number of halogens is 6. The SMILES string of the molecule is COc1cc(Nc2nc3n(n2)CCCCC3c2ccc(F)cc2)ccc1-n1cnc(C(F)F)c1.O=C(O)C(F)(F)F. The van der Waals surface area contributed by atoms with Gasteiger partial charge in [-0.2, -0.15) is 18.2 Å². The molecule has 0 aliphatic carbocycles. The Kier molecular flexibility index (Phi) is 8.83. The number of carboxylic acid groups (broad SMARTS) is 1. The van der Waals surface area contributed by atoms with Gasteiger partial charge in [0, 0.05) is 30.4 Å². The number of hydrogen-bond acceptors (Lipinski definition) is 6. The highest BCUT2D eigenvalue weighted by molar-refractivity contribution is 5.73. The van der Waals surface area contributed by atoms with E-state index in [0.717, 1.165) is 37.2 Å². The van der Waals surface area contributed by atoms with Crippen molar-refractivity contribution in [3.63, 3.8) is 0 Å². The Hall–Kier alpha value is -4.56. The zero-order chi connectivity index (χ0) is 29.7. The van der Waals surface area contributed by atoms with Gasteiger partial charge >= 0.3 is 12.1 Å². The fraction of sp³-hybridized carbons (Fsp3) is 0.308. The zero-order valence-corrected chi connectivity index (χ0v) is 21.4. The number of hydrogen-bond donors (Lipinski definition) is 2. The van der Waals surface area contributed by atoms with Crippen molar-refractivity contribution in [3.8, 4) is 11.4 Å². The van der Waals surface area contributed by atoms with E-state index < -0.39 is 18.6 Å². The molecule has 0 saturated carbocycles. The molecule has 0 fully saturated rings. The van der Waals surface area contributed by atoms with E-state index in [4.69, 9.17) is 19.6 Å². The van der Waals surface area contributed by atoms with Gasteiger partial charge < -0.3 is 19.7 Å². The third-order valence-electron chi connectivity index (χ3n) is 6.18. The summed E-state index contributed by atoms with van der Waals surface area (Å²) in [6, 6.07) is 11.8. The Bertz CT molecular complexity index is 1490. The van der Waals surface area contributed by atoms with Gasteiger partial charge in [-0.25, -0.2) is 27.6 Å². The number of aliphatic carboxylic acids is 1. The van der Waals surface area contributed by atoms with E-state index in [1.807, 2.05) is 4.68 Å². The van der Waals surface area contributed by atoms with Crippen molar-refractivity contribution in [2.45, 2.75) is 44.3 Å². The lowest BCUT2D eigenvalue weighted by Gasteiger charge is -2.14. The summed E-state index contributed by atoms with van der Waals surface area (Å²) in [6.45, 7) is 0.761. The Morgan fingerprint density at radius 1 is 1.15 bits per heavy atom. The molecule has 2 N–H and O–H groups in total. The number of carboxylic acids is 1. The summed E-state index contributed by atoms with van der Waals surface area (Å²) in [6.07, 6.45) is -2.18. The van der Waals surface area contributed by atoms with Crippen molar-refractivity contribution in [1.82, 2.24) is 24.3 Å². The van der Waals surface area contributed by atoms with Crippen molar-refractivity contribution < 1.29 is 41.0 Å². The van der Waals surface area contributed by atoms with E-state index in [9.17, 15) is 26.3 Å². The fourth-order valence-electron chi connectivity index (χ4n) is 4.26. The molecule has 0 radical (unpaired) electrons. The van der Waals surface area contributed by atoms with Crippen LogP contribution < -0.4 is 10.1 Å². The van der Waals surface area contributed by atoms with Crippen molar-refractivity contribution >= 4 is 17.6 Å². The molecule has 1 atom stereocenters. The molecule has 5 rings (SSSR count). The number of alkyl halides is 5. The summed E-state index contributed by atoms with van der Waals surface area (Å²) in [4.78, 5) is 17.4. The first kappa shape index (κ1) is 29.4.